The zero-order chi connectivity index (χ0) is 14.6. The van der Waals surface area contributed by atoms with Crippen molar-refractivity contribution in [3.05, 3.63) is 28.8 Å². The van der Waals surface area contributed by atoms with E-state index in [0.717, 1.165) is 10.7 Å². The Kier molecular flexibility index (Phi) is 5.34. The zero-order valence-corrected chi connectivity index (χ0v) is 12.7. The molecule has 0 aliphatic rings. The molecule has 0 aromatic heterocycles. The first kappa shape index (κ1) is 15.9. The number of sulfonamides is 1. The Labute approximate surface area is 118 Å². The highest BCUT2D eigenvalue weighted by molar-refractivity contribution is 7.89. The van der Waals surface area contributed by atoms with Gasteiger partial charge in [0.2, 0.25) is 10.0 Å². The van der Waals surface area contributed by atoms with Gasteiger partial charge in [0.25, 0.3) is 5.91 Å². The van der Waals surface area contributed by atoms with Crippen LogP contribution in [0.1, 0.15) is 23.7 Å². The molecule has 7 heteroatoms. The van der Waals surface area contributed by atoms with E-state index in [1.165, 1.54) is 32.3 Å². The van der Waals surface area contributed by atoms with Gasteiger partial charge in [-0.15, -0.1) is 0 Å². The Morgan fingerprint density at radius 1 is 1.37 bits per heavy atom. The highest BCUT2D eigenvalue weighted by Crippen LogP contribution is 2.24. The lowest BCUT2D eigenvalue weighted by Gasteiger charge is -2.13. The minimum Gasteiger partial charge on any atom is -0.352 e. The predicted octanol–water partition coefficient (Wildman–Crippen LogP) is 1.73. The Morgan fingerprint density at radius 3 is 2.53 bits per heavy atom. The van der Waals surface area contributed by atoms with Crippen molar-refractivity contribution in [2.75, 3.05) is 20.6 Å². The van der Waals surface area contributed by atoms with Gasteiger partial charge in [0.1, 0.15) is 4.90 Å². The summed E-state index contributed by atoms with van der Waals surface area (Å²) in [4.78, 5) is 11.7. The SMILES string of the molecule is CCCNC(=O)c1ccc(Cl)c(S(=O)(=O)N(C)C)c1. The molecule has 5 nitrogen and oxygen atoms in total. The topological polar surface area (TPSA) is 66.5 Å². The first-order valence-electron chi connectivity index (χ1n) is 5.81. The van der Waals surface area contributed by atoms with Crippen LogP contribution in [0.25, 0.3) is 0 Å². The van der Waals surface area contributed by atoms with Gasteiger partial charge in [-0.05, 0) is 24.6 Å². The number of carbonyl (C=O) groups is 1. The van der Waals surface area contributed by atoms with Crippen molar-refractivity contribution in [2.24, 2.45) is 0 Å². The standard InChI is InChI=1S/C12H17ClN2O3S/c1-4-7-14-12(16)9-5-6-10(13)11(8-9)19(17,18)15(2)3/h5-6,8H,4,7H2,1-3H3,(H,14,16). The van der Waals surface area contributed by atoms with Crippen LogP contribution >= 0.6 is 11.6 Å². The van der Waals surface area contributed by atoms with Crippen LogP contribution in [0, 0.1) is 0 Å². The first-order valence-corrected chi connectivity index (χ1v) is 7.62. The number of nitrogens with zero attached hydrogens (tertiary/aromatic N) is 1. The molecule has 1 rings (SSSR count). The number of halogens is 1. The van der Waals surface area contributed by atoms with E-state index >= 15 is 0 Å². The molecule has 1 aromatic rings. The van der Waals surface area contributed by atoms with Crippen LogP contribution in [0.4, 0.5) is 0 Å². The van der Waals surface area contributed by atoms with E-state index < -0.39 is 10.0 Å². The molecule has 106 valence electrons. The third kappa shape index (κ3) is 3.68. The molecular formula is C12H17ClN2O3S. The Morgan fingerprint density at radius 2 is 2.00 bits per heavy atom. The second kappa shape index (κ2) is 6.36. The van der Waals surface area contributed by atoms with Gasteiger partial charge in [-0.1, -0.05) is 18.5 Å². The van der Waals surface area contributed by atoms with Crippen LogP contribution in [0.5, 0.6) is 0 Å². The first-order chi connectivity index (χ1) is 8.80. The van der Waals surface area contributed by atoms with Gasteiger partial charge >= 0.3 is 0 Å². The average molecular weight is 305 g/mol. The lowest BCUT2D eigenvalue weighted by molar-refractivity contribution is 0.0953. The van der Waals surface area contributed by atoms with Crippen molar-refractivity contribution in [3.8, 4) is 0 Å². The summed E-state index contributed by atoms with van der Waals surface area (Å²) >= 11 is 5.90. The molecule has 0 fully saturated rings. The van der Waals surface area contributed by atoms with Gasteiger partial charge in [0, 0.05) is 26.2 Å². The highest BCUT2D eigenvalue weighted by atomic mass is 35.5. The van der Waals surface area contributed by atoms with Crippen LogP contribution in [0.2, 0.25) is 5.02 Å². The summed E-state index contributed by atoms with van der Waals surface area (Å²) < 4.78 is 25.2. The van der Waals surface area contributed by atoms with Crippen LogP contribution in [0.15, 0.2) is 23.1 Å². The summed E-state index contributed by atoms with van der Waals surface area (Å²) in [6.07, 6.45) is 0.808. The Bertz CT molecular complexity index is 570. The molecule has 0 atom stereocenters. The molecule has 0 heterocycles. The maximum atomic E-state index is 12.1. The summed E-state index contributed by atoms with van der Waals surface area (Å²) in [5.74, 6) is -0.311. The summed E-state index contributed by atoms with van der Waals surface area (Å²) in [7, 11) is -0.838. The molecule has 0 aliphatic heterocycles. The second-order valence-electron chi connectivity index (χ2n) is 4.19. The second-order valence-corrected chi connectivity index (χ2v) is 6.72. The van der Waals surface area contributed by atoms with Crippen LogP contribution < -0.4 is 5.32 Å². The number of hydrogen-bond donors (Lipinski definition) is 1. The molecule has 0 radical (unpaired) electrons. The Hall–Kier alpha value is -1.11. The molecule has 1 aromatic carbocycles. The molecule has 1 amide bonds. The van der Waals surface area contributed by atoms with E-state index in [1.807, 2.05) is 6.92 Å². The van der Waals surface area contributed by atoms with Gasteiger partial charge < -0.3 is 5.32 Å². The third-order valence-corrected chi connectivity index (χ3v) is 4.78. The van der Waals surface area contributed by atoms with E-state index in [1.54, 1.807) is 0 Å². The molecule has 0 bridgehead atoms. The van der Waals surface area contributed by atoms with Crippen molar-refractivity contribution in [3.63, 3.8) is 0 Å². The lowest BCUT2D eigenvalue weighted by Crippen LogP contribution is -2.26. The van der Waals surface area contributed by atoms with E-state index in [2.05, 4.69) is 5.32 Å². The molecule has 0 saturated carbocycles. The summed E-state index contributed by atoms with van der Waals surface area (Å²) in [6, 6.07) is 4.21. The van der Waals surface area contributed by atoms with Gasteiger partial charge in [-0.3, -0.25) is 4.79 Å². The van der Waals surface area contributed by atoms with Crippen molar-refractivity contribution in [1.29, 1.82) is 0 Å². The monoisotopic (exact) mass is 304 g/mol. The predicted molar refractivity (Wildman–Crippen MR) is 74.9 cm³/mol. The molecule has 0 unspecified atom stereocenters. The minimum atomic E-state index is -3.66. The number of nitrogens with one attached hydrogen (secondary N) is 1. The van der Waals surface area contributed by atoms with E-state index in [4.69, 9.17) is 11.6 Å². The Balaban J connectivity index is 3.19. The van der Waals surface area contributed by atoms with E-state index in [-0.39, 0.29) is 21.4 Å². The molecule has 0 saturated heterocycles. The zero-order valence-electron chi connectivity index (χ0n) is 11.1. The summed E-state index contributed by atoms with van der Waals surface area (Å²) in [6.45, 7) is 2.47. The highest BCUT2D eigenvalue weighted by Gasteiger charge is 2.22. The minimum absolute atomic E-state index is 0.0664. The number of rotatable bonds is 5. The van der Waals surface area contributed by atoms with Crippen molar-refractivity contribution in [1.82, 2.24) is 9.62 Å². The quantitative estimate of drug-likeness (QED) is 0.901. The normalized spacial score (nSPS) is 11.6. The van der Waals surface area contributed by atoms with Crippen LogP contribution in [-0.4, -0.2) is 39.3 Å². The largest absolute Gasteiger partial charge is 0.352 e. The fourth-order valence-corrected chi connectivity index (χ4v) is 2.77. The average Bonchev–Trinajstić information content (AvgIpc) is 2.36. The number of hydrogen-bond acceptors (Lipinski definition) is 3. The molecule has 1 N–H and O–H groups in total. The summed E-state index contributed by atoms with van der Waals surface area (Å²) in [5, 5.41) is 2.78. The van der Waals surface area contributed by atoms with Gasteiger partial charge in [0.15, 0.2) is 0 Å². The molecule has 0 aliphatic carbocycles. The van der Waals surface area contributed by atoms with Crippen molar-refractivity contribution < 1.29 is 13.2 Å². The lowest BCUT2D eigenvalue weighted by atomic mass is 10.2. The fourth-order valence-electron chi connectivity index (χ4n) is 1.38. The van der Waals surface area contributed by atoms with Gasteiger partial charge in [-0.25, -0.2) is 12.7 Å². The van der Waals surface area contributed by atoms with Crippen LogP contribution in [0.3, 0.4) is 0 Å². The van der Waals surface area contributed by atoms with E-state index in [9.17, 15) is 13.2 Å². The maximum Gasteiger partial charge on any atom is 0.251 e. The van der Waals surface area contributed by atoms with Crippen molar-refractivity contribution in [2.45, 2.75) is 18.2 Å². The summed E-state index contributed by atoms with van der Waals surface area (Å²) in [5.41, 5.74) is 0.276. The molecular weight excluding hydrogens is 288 g/mol. The van der Waals surface area contributed by atoms with E-state index in [0.29, 0.717) is 6.54 Å². The fraction of sp³-hybridized carbons (Fsp3) is 0.417. The molecule has 19 heavy (non-hydrogen) atoms. The number of amides is 1. The van der Waals surface area contributed by atoms with Gasteiger partial charge in [-0.2, -0.15) is 0 Å². The maximum absolute atomic E-state index is 12.1. The third-order valence-electron chi connectivity index (χ3n) is 2.49. The number of benzene rings is 1. The smallest absolute Gasteiger partial charge is 0.251 e. The van der Waals surface area contributed by atoms with Gasteiger partial charge in [0.05, 0.1) is 5.02 Å². The number of carbonyl (C=O) groups excluding carboxylic acids is 1. The van der Waals surface area contributed by atoms with Crippen molar-refractivity contribution >= 4 is 27.5 Å². The molecule has 0 spiro atoms. The van der Waals surface area contributed by atoms with Crippen LogP contribution in [-0.2, 0) is 10.0 Å².